The van der Waals surface area contributed by atoms with E-state index in [4.69, 9.17) is 4.98 Å². The predicted molar refractivity (Wildman–Crippen MR) is 104 cm³/mol. The van der Waals surface area contributed by atoms with E-state index in [-0.39, 0.29) is 17.5 Å². The van der Waals surface area contributed by atoms with E-state index >= 15 is 0 Å². The number of hydrogen-bond donors (Lipinski definition) is 1. The molecule has 136 valence electrons. The van der Waals surface area contributed by atoms with Crippen molar-refractivity contribution in [3.05, 3.63) is 50.9 Å². The van der Waals surface area contributed by atoms with Gasteiger partial charge in [0.05, 0.1) is 11.7 Å². The molecule has 0 fully saturated rings. The van der Waals surface area contributed by atoms with E-state index in [9.17, 15) is 9.59 Å². The fourth-order valence-corrected chi connectivity index (χ4v) is 4.90. The van der Waals surface area contributed by atoms with Crippen LogP contribution in [0.3, 0.4) is 0 Å². The second kappa shape index (κ2) is 6.91. The molecule has 0 spiro atoms. The molecule has 1 atom stereocenters. The topological polar surface area (TPSA) is 64.0 Å². The molecule has 1 aromatic heterocycles. The Balaban J connectivity index is 1.55. The Morgan fingerprint density at radius 3 is 2.96 bits per heavy atom. The van der Waals surface area contributed by atoms with Gasteiger partial charge in [-0.05, 0) is 56.7 Å². The van der Waals surface area contributed by atoms with Crippen LogP contribution in [-0.4, -0.2) is 21.2 Å². The Bertz CT molecular complexity index is 935. The highest BCUT2D eigenvalue weighted by atomic mass is 32.2. The van der Waals surface area contributed by atoms with Crippen LogP contribution in [0.4, 0.5) is 5.69 Å². The lowest BCUT2D eigenvalue weighted by molar-refractivity contribution is -0.116. The third kappa shape index (κ3) is 3.18. The number of aromatic nitrogens is 2. The Hall–Kier alpha value is -2.08. The molecule has 2 heterocycles. The van der Waals surface area contributed by atoms with Crippen molar-refractivity contribution in [1.82, 2.24) is 9.55 Å². The first-order valence-corrected chi connectivity index (χ1v) is 10.2. The summed E-state index contributed by atoms with van der Waals surface area (Å²) in [5.41, 5.74) is 4.90. The molecule has 1 aromatic carbocycles. The first kappa shape index (κ1) is 17.3. The third-order valence-corrected chi connectivity index (χ3v) is 6.31. The molecule has 0 saturated carbocycles. The van der Waals surface area contributed by atoms with E-state index < -0.39 is 0 Å². The molecule has 26 heavy (non-hydrogen) atoms. The number of nitrogens with zero attached hydrogens (tertiary/aromatic N) is 2. The molecule has 1 aliphatic heterocycles. The van der Waals surface area contributed by atoms with E-state index in [0.717, 1.165) is 64.7 Å². The van der Waals surface area contributed by atoms with Gasteiger partial charge in [-0.1, -0.05) is 23.9 Å². The SMILES string of the molecule is Cc1ccc(C)c(NC(=O)CC2CSc3nc4c(c(=O)n32)CCCC4)c1. The molecule has 0 saturated heterocycles. The highest BCUT2D eigenvalue weighted by molar-refractivity contribution is 7.99. The largest absolute Gasteiger partial charge is 0.326 e. The van der Waals surface area contributed by atoms with Crippen LogP contribution in [0, 0.1) is 13.8 Å². The number of benzene rings is 1. The quantitative estimate of drug-likeness (QED) is 0.842. The van der Waals surface area contributed by atoms with Crippen molar-refractivity contribution in [3.63, 3.8) is 0 Å². The molecule has 2 aliphatic rings. The molecule has 0 bridgehead atoms. The van der Waals surface area contributed by atoms with Crippen molar-refractivity contribution >= 4 is 23.4 Å². The normalized spacial score (nSPS) is 18.3. The van der Waals surface area contributed by atoms with Crippen LogP contribution in [0.2, 0.25) is 0 Å². The minimum absolute atomic E-state index is 0.0539. The first-order valence-electron chi connectivity index (χ1n) is 9.17. The molecule has 6 heteroatoms. The second-order valence-electron chi connectivity index (χ2n) is 7.24. The minimum Gasteiger partial charge on any atom is -0.326 e. The summed E-state index contributed by atoms with van der Waals surface area (Å²) in [6.45, 7) is 3.99. The van der Waals surface area contributed by atoms with E-state index in [2.05, 4.69) is 5.32 Å². The number of fused-ring (bicyclic) bond motifs is 2. The van der Waals surface area contributed by atoms with Gasteiger partial charge in [-0.2, -0.15) is 0 Å². The van der Waals surface area contributed by atoms with Crippen LogP contribution in [-0.2, 0) is 17.6 Å². The number of carbonyl (C=O) groups excluding carboxylic acids is 1. The highest BCUT2D eigenvalue weighted by Crippen LogP contribution is 2.34. The van der Waals surface area contributed by atoms with Crippen molar-refractivity contribution in [2.75, 3.05) is 11.1 Å². The van der Waals surface area contributed by atoms with Gasteiger partial charge < -0.3 is 5.32 Å². The number of aryl methyl sites for hydroxylation is 3. The molecular weight excluding hydrogens is 346 g/mol. The predicted octanol–water partition coefficient (Wildman–Crippen LogP) is 3.41. The molecule has 4 rings (SSSR count). The summed E-state index contributed by atoms with van der Waals surface area (Å²) in [7, 11) is 0. The van der Waals surface area contributed by atoms with Gasteiger partial charge in [0.15, 0.2) is 5.16 Å². The van der Waals surface area contributed by atoms with E-state index in [1.807, 2.05) is 32.0 Å². The van der Waals surface area contributed by atoms with Crippen molar-refractivity contribution in [2.24, 2.45) is 0 Å². The number of rotatable bonds is 3. The molecule has 1 amide bonds. The van der Waals surface area contributed by atoms with E-state index in [1.54, 1.807) is 16.3 Å². The van der Waals surface area contributed by atoms with Gasteiger partial charge >= 0.3 is 0 Å². The fraction of sp³-hybridized carbons (Fsp3) is 0.450. The maximum absolute atomic E-state index is 12.9. The molecule has 0 radical (unpaired) electrons. The van der Waals surface area contributed by atoms with Crippen LogP contribution in [0.1, 0.15) is 47.7 Å². The van der Waals surface area contributed by atoms with Crippen molar-refractivity contribution in [3.8, 4) is 0 Å². The zero-order valence-electron chi connectivity index (χ0n) is 15.2. The van der Waals surface area contributed by atoms with E-state index in [0.29, 0.717) is 6.42 Å². The molecule has 2 aromatic rings. The Kier molecular flexibility index (Phi) is 4.61. The number of anilines is 1. The third-order valence-electron chi connectivity index (χ3n) is 5.21. The number of carbonyl (C=O) groups is 1. The molecule has 1 unspecified atom stereocenters. The van der Waals surface area contributed by atoms with Gasteiger partial charge in [0.2, 0.25) is 5.91 Å². The van der Waals surface area contributed by atoms with Crippen molar-refractivity contribution < 1.29 is 4.79 Å². The number of amides is 1. The van der Waals surface area contributed by atoms with Crippen LogP contribution in [0.25, 0.3) is 0 Å². The van der Waals surface area contributed by atoms with Gasteiger partial charge in [0.25, 0.3) is 5.56 Å². The van der Waals surface area contributed by atoms with Crippen LogP contribution >= 0.6 is 11.8 Å². The summed E-state index contributed by atoms with van der Waals surface area (Å²) in [5, 5.41) is 3.78. The molecule has 1 N–H and O–H groups in total. The minimum atomic E-state index is -0.118. The van der Waals surface area contributed by atoms with Gasteiger partial charge in [0.1, 0.15) is 0 Å². The zero-order chi connectivity index (χ0) is 18.3. The smallest absolute Gasteiger partial charge is 0.257 e. The number of thioether (sulfide) groups is 1. The van der Waals surface area contributed by atoms with Crippen LogP contribution < -0.4 is 10.9 Å². The maximum atomic E-state index is 12.9. The fourth-order valence-electron chi connectivity index (χ4n) is 3.75. The molecular formula is C20H23N3O2S. The average Bonchev–Trinajstić information content (AvgIpc) is 3.01. The number of hydrogen-bond acceptors (Lipinski definition) is 4. The van der Waals surface area contributed by atoms with Gasteiger partial charge in [0, 0.05) is 23.4 Å². The highest BCUT2D eigenvalue weighted by Gasteiger charge is 2.30. The summed E-state index contributed by atoms with van der Waals surface area (Å²) in [5.74, 6) is 0.674. The zero-order valence-corrected chi connectivity index (χ0v) is 16.0. The Morgan fingerprint density at radius 2 is 2.12 bits per heavy atom. The summed E-state index contributed by atoms with van der Waals surface area (Å²) >= 11 is 1.59. The second-order valence-corrected chi connectivity index (χ2v) is 8.22. The Labute approximate surface area is 157 Å². The van der Waals surface area contributed by atoms with Crippen molar-refractivity contribution in [2.45, 2.75) is 57.1 Å². The maximum Gasteiger partial charge on any atom is 0.257 e. The summed E-state index contributed by atoms with van der Waals surface area (Å²) in [6.07, 6.45) is 4.17. The lowest BCUT2D eigenvalue weighted by atomic mass is 9.97. The molecule has 5 nitrogen and oxygen atoms in total. The summed E-state index contributed by atoms with van der Waals surface area (Å²) < 4.78 is 1.76. The lowest BCUT2D eigenvalue weighted by Gasteiger charge is -2.19. The standard InChI is InChI=1S/C20H23N3O2S/c1-12-7-8-13(2)17(9-12)21-18(24)10-14-11-26-20-22-16-6-4-3-5-15(16)19(25)23(14)20/h7-9,14H,3-6,10-11H2,1-2H3,(H,21,24). The molecule has 1 aliphatic carbocycles. The van der Waals surface area contributed by atoms with Crippen molar-refractivity contribution in [1.29, 1.82) is 0 Å². The van der Waals surface area contributed by atoms with Crippen LogP contribution in [0.15, 0.2) is 28.2 Å². The lowest BCUT2D eigenvalue weighted by Crippen LogP contribution is -2.32. The first-order chi connectivity index (χ1) is 12.5. The number of nitrogens with one attached hydrogen (secondary N) is 1. The average molecular weight is 369 g/mol. The van der Waals surface area contributed by atoms with Gasteiger partial charge in [-0.3, -0.25) is 14.2 Å². The monoisotopic (exact) mass is 369 g/mol. The summed E-state index contributed by atoms with van der Waals surface area (Å²) in [6, 6.07) is 5.90. The summed E-state index contributed by atoms with van der Waals surface area (Å²) in [4.78, 5) is 30.2. The Morgan fingerprint density at radius 1 is 1.31 bits per heavy atom. The van der Waals surface area contributed by atoms with Crippen LogP contribution in [0.5, 0.6) is 0 Å². The van der Waals surface area contributed by atoms with Gasteiger partial charge in [-0.15, -0.1) is 0 Å². The van der Waals surface area contributed by atoms with E-state index in [1.165, 1.54) is 0 Å². The van der Waals surface area contributed by atoms with Gasteiger partial charge in [-0.25, -0.2) is 4.98 Å².